The molecule has 0 saturated heterocycles. The van der Waals surface area contributed by atoms with E-state index in [4.69, 9.17) is 5.73 Å². The molecule has 1 atom stereocenters. The molecule has 0 radical (unpaired) electrons. The average molecular weight is 229 g/mol. The van der Waals surface area contributed by atoms with Gasteiger partial charge >= 0.3 is 0 Å². The Morgan fingerprint density at radius 1 is 1.29 bits per heavy atom. The Balaban J connectivity index is 2.43. The third-order valence-electron chi connectivity index (χ3n) is 3.24. The van der Waals surface area contributed by atoms with Gasteiger partial charge in [0.25, 0.3) is 0 Å². The highest BCUT2D eigenvalue weighted by atomic mass is 15.3. The van der Waals surface area contributed by atoms with Gasteiger partial charge in [0.15, 0.2) is 0 Å². The summed E-state index contributed by atoms with van der Waals surface area (Å²) in [6.45, 7) is 2.83. The maximum absolute atomic E-state index is 5.74. The first kappa shape index (κ1) is 11.9. The lowest BCUT2D eigenvalue weighted by Crippen LogP contribution is -2.13. The van der Waals surface area contributed by atoms with Crippen LogP contribution in [0.25, 0.3) is 0 Å². The average Bonchev–Trinajstić information content (AvgIpc) is 2.74. The largest absolute Gasteiger partial charge is 0.330 e. The summed E-state index contributed by atoms with van der Waals surface area (Å²) in [6.07, 6.45) is 2.79. The number of hydrogen-bond acceptors (Lipinski definition) is 2. The summed E-state index contributed by atoms with van der Waals surface area (Å²) in [4.78, 5) is 0. The lowest BCUT2D eigenvalue weighted by Gasteiger charge is -2.19. The third-order valence-corrected chi connectivity index (χ3v) is 3.24. The molecule has 2 aromatic rings. The van der Waals surface area contributed by atoms with Crippen molar-refractivity contribution in [2.75, 3.05) is 6.54 Å². The molecule has 17 heavy (non-hydrogen) atoms. The van der Waals surface area contributed by atoms with E-state index in [0.717, 1.165) is 6.42 Å². The van der Waals surface area contributed by atoms with Crippen molar-refractivity contribution in [2.24, 2.45) is 12.8 Å². The fourth-order valence-electron chi connectivity index (χ4n) is 2.33. The molecule has 2 N–H and O–H groups in total. The van der Waals surface area contributed by atoms with E-state index in [1.54, 1.807) is 0 Å². The van der Waals surface area contributed by atoms with Crippen LogP contribution in [-0.2, 0) is 7.05 Å². The van der Waals surface area contributed by atoms with Crippen LogP contribution in [0.5, 0.6) is 0 Å². The van der Waals surface area contributed by atoms with Crippen molar-refractivity contribution in [3.8, 4) is 0 Å². The zero-order chi connectivity index (χ0) is 12.3. The van der Waals surface area contributed by atoms with E-state index in [1.165, 1.54) is 16.8 Å². The van der Waals surface area contributed by atoms with Gasteiger partial charge in [-0.25, -0.2) is 0 Å². The predicted molar refractivity (Wildman–Crippen MR) is 69.9 cm³/mol. The maximum atomic E-state index is 5.74. The Kier molecular flexibility index (Phi) is 3.59. The van der Waals surface area contributed by atoms with Crippen LogP contribution in [0.15, 0.2) is 36.5 Å². The highest BCUT2D eigenvalue weighted by Gasteiger charge is 2.17. The monoisotopic (exact) mass is 229 g/mol. The smallest absolute Gasteiger partial charge is 0.0492 e. The summed E-state index contributed by atoms with van der Waals surface area (Å²) < 4.78 is 1.94. The van der Waals surface area contributed by atoms with Gasteiger partial charge in [0, 0.05) is 24.9 Å². The van der Waals surface area contributed by atoms with Crippen LogP contribution in [0.1, 0.15) is 29.2 Å². The molecule has 1 aromatic carbocycles. The fraction of sp³-hybridized carbons (Fsp3) is 0.357. The maximum Gasteiger partial charge on any atom is 0.0492 e. The topological polar surface area (TPSA) is 43.8 Å². The van der Waals surface area contributed by atoms with Gasteiger partial charge in [-0.15, -0.1) is 0 Å². The summed E-state index contributed by atoms with van der Waals surface area (Å²) >= 11 is 0. The van der Waals surface area contributed by atoms with Gasteiger partial charge in [0.05, 0.1) is 0 Å². The third kappa shape index (κ3) is 2.39. The Labute approximate surface area is 102 Å². The number of aromatic nitrogens is 2. The van der Waals surface area contributed by atoms with Crippen LogP contribution in [0.3, 0.4) is 0 Å². The summed E-state index contributed by atoms with van der Waals surface area (Å²) in [5.74, 6) is 0.341. The van der Waals surface area contributed by atoms with Gasteiger partial charge in [0.1, 0.15) is 0 Å². The van der Waals surface area contributed by atoms with E-state index in [-0.39, 0.29) is 0 Å². The van der Waals surface area contributed by atoms with Gasteiger partial charge in [-0.3, -0.25) is 4.68 Å². The molecule has 3 nitrogen and oxygen atoms in total. The molecular weight excluding hydrogens is 210 g/mol. The lowest BCUT2D eigenvalue weighted by molar-refractivity contribution is 0.628. The molecule has 1 unspecified atom stereocenters. The van der Waals surface area contributed by atoms with Crippen molar-refractivity contribution in [1.82, 2.24) is 9.78 Å². The minimum atomic E-state index is 0.341. The molecular formula is C14H19N3. The number of benzene rings is 1. The summed E-state index contributed by atoms with van der Waals surface area (Å²) in [5, 5.41) is 4.25. The van der Waals surface area contributed by atoms with Gasteiger partial charge in [0.2, 0.25) is 0 Å². The highest BCUT2D eigenvalue weighted by molar-refractivity contribution is 5.34. The second kappa shape index (κ2) is 5.15. The Morgan fingerprint density at radius 2 is 2.06 bits per heavy atom. The fourth-order valence-corrected chi connectivity index (χ4v) is 2.33. The standard InChI is InChI=1S/C14H19N3/c1-11-5-3-4-6-12(11)13(7-9-15)14-8-10-16-17(14)2/h3-6,8,10,13H,7,9,15H2,1-2H3. The first-order chi connectivity index (χ1) is 8.24. The van der Waals surface area contributed by atoms with Crippen LogP contribution in [0.2, 0.25) is 0 Å². The molecule has 0 fully saturated rings. The first-order valence-corrected chi connectivity index (χ1v) is 5.97. The molecule has 1 heterocycles. The number of nitrogens with two attached hydrogens (primary N) is 1. The van der Waals surface area contributed by atoms with Crippen LogP contribution in [0, 0.1) is 6.92 Å². The van der Waals surface area contributed by atoms with E-state index in [0.29, 0.717) is 12.5 Å². The quantitative estimate of drug-likeness (QED) is 0.873. The second-order valence-corrected chi connectivity index (χ2v) is 4.37. The molecule has 3 heteroatoms. The molecule has 2 rings (SSSR count). The van der Waals surface area contributed by atoms with Crippen molar-refractivity contribution >= 4 is 0 Å². The van der Waals surface area contributed by atoms with Crippen molar-refractivity contribution in [2.45, 2.75) is 19.3 Å². The van der Waals surface area contributed by atoms with Crippen LogP contribution in [0.4, 0.5) is 0 Å². The normalized spacial score (nSPS) is 12.6. The van der Waals surface area contributed by atoms with Gasteiger partial charge in [-0.05, 0) is 37.1 Å². The molecule has 0 saturated carbocycles. The zero-order valence-corrected chi connectivity index (χ0v) is 10.4. The van der Waals surface area contributed by atoms with Crippen LogP contribution < -0.4 is 5.73 Å². The summed E-state index contributed by atoms with van der Waals surface area (Å²) in [6, 6.07) is 10.6. The SMILES string of the molecule is Cc1ccccc1C(CCN)c1ccnn1C. The molecule has 0 aliphatic heterocycles. The van der Waals surface area contributed by atoms with Crippen molar-refractivity contribution in [1.29, 1.82) is 0 Å². The molecule has 1 aromatic heterocycles. The molecule has 0 aliphatic rings. The summed E-state index contributed by atoms with van der Waals surface area (Å²) in [7, 11) is 1.98. The highest BCUT2D eigenvalue weighted by Crippen LogP contribution is 2.29. The molecule has 0 bridgehead atoms. The predicted octanol–water partition coefficient (Wildman–Crippen LogP) is 2.21. The van der Waals surface area contributed by atoms with E-state index >= 15 is 0 Å². The minimum absolute atomic E-state index is 0.341. The molecule has 0 spiro atoms. The van der Waals surface area contributed by atoms with Gasteiger partial charge < -0.3 is 5.73 Å². The Hall–Kier alpha value is -1.61. The Morgan fingerprint density at radius 3 is 2.65 bits per heavy atom. The van der Waals surface area contributed by atoms with E-state index in [9.17, 15) is 0 Å². The van der Waals surface area contributed by atoms with E-state index < -0.39 is 0 Å². The van der Waals surface area contributed by atoms with Crippen molar-refractivity contribution < 1.29 is 0 Å². The summed E-state index contributed by atoms with van der Waals surface area (Å²) in [5.41, 5.74) is 9.63. The van der Waals surface area contributed by atoms with Crippen LogP contribution in [-0.4, -0.2) is 16.3 Å². The van der Waals surface area contributed by atoms with Crippen LogP contribution >= 0.6 is 0 Å². The lowest BCUT2D eigenvalue weighted by atomic mass is 9.89. The first-order valence-electron chi connectivity index (χ1n) is 5.97. The number of aryl methyl sites for hydroxylation is 2. The minimum Gasteiger partial charge on any atom is -0.330 e. The van der Waals surface area contributed by atoms with E-state index in [2.05, 4.69) is 42.4 Å². The molecule has 0 amide bonds. The van der Waals surface area contributed by atoms with Crippen molar-refractivity contribution in [3.63, 3.8) is 0 Å². The van der Waals surface area contributed by atoms with Gasteiger partial charge in [-0.2, -0.15) is 5.10 Å². The zero-order valence-electron chi connectivity index (χ0n) is 10.4. The number of nitrogens with zero attached hydrogens (tertiary/aromatic N) is 2. The molecule has 0 aliphatic carbocycles. The molecule has 90 valence electrons. The van der Waals surface area contributed by atoms with Crippen molar-refractivity contribution in [3.05, 3.63) is 53.3 Å². The number of hydrogen-bond donors (Lipinski definition) is 1. The van der Waals surface area contributed by atoms with E-state index in [1.807, 2.05) is 17.9 Å². The Bertz CT molecular complexity index is 488. The second-order valence-electron chi connectivity index (χ2n) is 4.37. The number of rotatable bonds is 4. The van der Waals surface area contributed by atoms with Gasteiger partial charge in [-0.1, -0.05) is 24.3 Å².